The van der Waals surface area contributed by atoms with Gasteiger partial charge in [-0.05, 0) is 57.1 Å². The van der Waals surface area contributed by atoms with Crippen molar-refractivity contribution >= 4 is 47.4 Å². The van der Waals surface area contributed by atoms with Crippen molar-refractivity contribution in [3.8, 4) is 0 Å². The molecule has 1 fully saturated rings. The third-order valence-electron chi connectivity index (χ3n) is 9.09. The van der Waals surface area contributed by atoms with Gasteiger partial charge in [-0.3, -0.25) is 19.1 Å². The third-order valence-corrected chi connectivity index (χ3v) is 9.09. The van der Waals surface area contributed by atoms with Crippen LogP contribution in [0.5, 0.6) is 0 Å². The first-order valence-corrected chi connectivity index (χ1v) is 20.1. The van der Waals surface area contributed by atoms with Gasteiger partial charge in [0.25, 0.3) is 11.5 Å². The zero-order valence-corrected chi connectivity index (χ0v) is 35.4. The Morgan fingerprint density at radius 2 is 1.50 bits per heavy atom. The number of nitrogens with zero attached hydrogens (tertiary/aromatic N) is 3. The number of ether oxygens (including phenoxy) is 7. The number of esters is 1. The van der Waals surface area contributed by atoms with E-state index >= 15 is 0 Å². The Balaban J connectivity index is 1.45. The molecule has 2 aromatic carbocycles. The molecule has 0 aliphatic carbocycles. The lowest BCUT2D eigenvalue weighted by atomic mass is 10.1. The Labute approximate surface area is 357 Å². The predicted molar refractivity (Wildman–Crippen MR) is 220 cm³/mol. The standard InChI is InChI=1S/C42H53N7O13/c1-25(2)21-44-38-47-33-29(34(50)48-38)45-24-49(33)36-32(61-41(55)58-23-27-17-11-8-12-18-27)30(60-40(54)57-22-26-15-9-7-10-16-26)31(59-36)35(51)46-28(37(52)56-6)19-13-14-20-43-39(53)62-42(3,4)5/h7-12,15-18,24-25,28,30-32,36H,13-14,19-23H2,1-6H3,(H,43,53)(H,46,51)(H2,44,47,48,50)/t28-,30+,31-,32+,36+/m0/s1. The highest BCUT2D eigenvalue weighted by Crippen LogP contribution is 2.36. The van der Waals surface area contributed by atoms with Crippen LogP contribution in [0.25, 0.3) is 11.2 Å². The highest BCUT2D eigenvalue weighted by Gasteiger charge is 2.55. The monoisotopic (exact) mass is 863 g/mol. The summed E-state index contributed by atoms with van der Waals surface area (Å²) in [6.45, 7) is 9.39. The van der Waals surface area contributed by atoms with Gasteiger partial charge < -0.3 is 49.1 Å². The van der Waals surface area contributed by atoms with Crippen LogP contribution in [0.3, 0.4) is 0 Å². The summed E-state index contributed by atoms with van der Waals surface area (Å²) in [7, 11) is 1.15. The molecule has 0 spiro atoms. The average molecular weight is 864 g/mol. The average Bonchev–Trinajstić information content (AvgIpc) is 3.81. The highest BCUT2D eigenvalue weighted by molar-refractivity contribution is 5.88. The lowest BCUT2D eigenvalue weighted by Crippen LogP contribution is -2.51. The molecule has 1 aliphatic heterocycles. The van der Waals surface area contributed by atoms with Crippen LogP contribution in [-0.2, 0) is 56.0 Å². The largest absolute Gasteiger partial charge is 0.509 e. The summed E-state index contributed by atoms with van der Waals surface area (Å²) >= 11 is 0. The Hall–Kier alpha value is -6.70. The Bertz CT molecular complexity index is 2190. The number of fused-ring (bicyclic) bond motifs is 1. The third kappa shape index (κ3) is 13.4. The second kappa shape index (κ2) is 21.7. The molecule has 5 rings (SSSR count). The van der Waals surface area contributed by atoms with Gasteiger partial charge in [-0.1, -0.05) is 74.5 Å². The van der Waals surface area contributed by atoms with Gasteiger partial charge in [-0.2, -0.15) is 4.98 Å². The lowest BCUT2D eigenvalue weighted by Gasteiger charge is -2.24. The van der Waals surface area contributed by atoms with E-state index in [0.717, 1.165) is 7.11 Å². The topological polar surface area (TPSA) is 250 Å². The number of benzene rings is 2. The Morgan fingerprint density at radius 3 is 2.08 bits per heavy atom. The molecule has 20 heteroatoms. The van der Waals surface area contributed by atoms with Gasteiger partial charge in [0.1, 0.15) is 24.9 Å². The minimum atomic E-state index is -1.78. The number of rotatable bonds is 18. The van der Waals surface area contributed by atoms with Crippen molar-refractivity contribution in [3.05, 3.63) is 88.5 Å². The molecule has 0 radical (unpaired) electrons. The molecule has 3 heterocycles. The van der Waals surface area contributed by atoms with E-state index in [-0.39, 0.29) is 49.2 Å². The maximum Gasteiger partial charge on any atom is 0.509 e. The summed E-state index contributed by atoms with van der Waals surface area (Å²) in [6.07, 6.45) is -7.81. The first-order valence-electron chi connectivity index (χ1n) is 20.1. The summed E-state index contributed by atoms with van der Waals surface area (Å²) in [4.78, 5) is 90.8. The molecular formula is C42H53N7O13. The van der Waals surface area contributed by atoms with Gasteiger partial charge in [-0.25, -0.2) is 24.2 Å². The van der Waals surface area contributed by atoms with Gasteiger partial charge in [-0.15, -0.1) is 0 Å². The second-order valence-corrected chi connectivity index (χ2v) is 15.7. The number of nitrogens with one attached hydrogen (secondary N) is 4. The fourth-order valence-electron chi connectivity index (χ4n) is 6.17. The van der Waals surface area contributed by atoms with E-state index in [1.807, 2.05) is 13.8 Å². The van der Waals surface area contributed by atoms with Crippen LogP contribution in [0.15, 0.2) is 71.8 Å². The number of hydrogen-bond acceptors (Lipinski definition) is 16. The molecule has 0 bridgehead atoms. The summed E-state index contributed by atoms with van der Waals surface area (Å²) < 4.78 is 40.2. The molecule has 4 N–H and O–H groups in total. The van der Waals surface area contributed by atoms with Crippen molar-refractivity contribution in [2.45, 2.75) is 103 Å². The number of alkyl carbamates (subject to hydrolysis) is 1. The van der Waals surface area contributed by atoms with E-state index in [1.165, 1.54) is 10.9 Å². The molecule has 1 aliphatic rings. The van der Waals surface area contributed by atoms with Gasteiger partial charge in [0.05, 0.1) is 13.4 Å². The zero-order chi connectivity index (χ0) is 44.8. The fourth-order valence-corrected chi connectivity index (χ4v) is 6.17. The Morgan fingerprint density at radius 1 is 0.887 bits per heavy atom. The summed E-state index contributed by atoms with van der Waals surface area (Å²) in [5.41, 5.74) is -0.180. The van der Waals surface area contributed by atoms with E-state index < -0.39 is 72.0 Å². The van der Waals surface area contributed by atoms with Crippen LogP contribution in [-0.4, -0.2) is 100.0 Å². The first kappa shape index (κ1) is 46.4. The van der Waals surface area contributed by atoms with Crippen LogP contribution in [0.1, 0.15) is 71.2 Å². The summed E-state index contributed by atoms with van der Waals surface area (Å²) in [5, 5.41) is 8.30. The van der Waals surface area contributed by atoms with Gasteiger partial charge in [0.2, 0.25) is 5.95 Å². The molecule has 5 atom stereocenters. The van der Waals surface area contributed by atoms with Crippen LogP contribution in [0.2, 0.25) is 0 Å². The number of carbonyl (C=O) groups is 5. The molecule has 0 unspecified atom stereocenters. The first-order chi connectivity index (χ1) is 29.6. The number of aromatic amines is 1. The number of unbranched alkanes of at least 4 members (excludes halogenated alkanes) is 1. The maximum absolute atomic E-state index is 14.3. The zero-order valence-electron chi connectivity index (χ0n) is 35.4. The minimum Gasteiger partial charge on any atom is -0.467 e. The Kier molecular flexibility index (Phi) is 16.2. The quantitative estimate of drug-likeness (QED) is 0.0591. The van der Waals surface area contributed by atoms with Gasteiger partial charge in [0, 0.05) is 13.1 Å². The van der Waals surface area contributed by atoms with Crippen molar-refractivity contribution in [1.82, 2.24) is 30.2 Å². The number of amides is 2. The van der Waals surface area contributed by atoms with Gasteiger partial charge >= 0.3 is 24.4 Å². The van der Waals surface area contributed by atoms with Crippen molar-refractivity contribution in [1.29, 1.82) is 0 Å². The molecule has 2 aromatic heterocycles. The van der Waals surface area contributed by atoms with Crippen molar-refractivity contribution < 1.29 is 57.1 Å². The van der Waals surface area contributed by atoms with Crippen LogP contribution >= 0.6 is 0 Å². The minimum absolute atomic E-state index is 0.0323. The van der Waals surface area contributed by atoms with E-state index in [4.69, 9.17) is 33.2 Å². The molecule has 62 heavy (non-hydrogen) atoms. The van der Waals surface area contributed by atoms with E-state index in [0.29, 0.717) is 30.5 Å². The van der Waals surface area contributed by atoms with Gasteiger partial charge in [0.15, 0.2) is 35.7 Å². The molecule has 20 nitrogen and oxygen atoms in total. The number of methoxy groups -OCH3 is 1. The number of H-pyrrole nitrogens is 1. The lowest BCUT2D eigenvalue weighted by molar-refractivity contribution is -0.149. The van der Waals surface area contributed by atoms with E-state index in [1.54, 1.807) is 81.4 Å². The predicted octanol–water partition coefficient (Wildman–Crippen LogP) is 4.88. The number of aromatic nitrogens is 4. The molecule has 2 amide bonds. The van der Waals surface area contributed by atoms with Crippen molar-refractivity contribution in [3.63, 3.8) is 0 Å². The molecule has 4 aromatic rings. The second-order valence-electron chi connectivity index (χ2n) is 15.7. The normalized spacial score (nSPS) is 17.7. The van der Waals surface area contributed by atoms with Crippen LogP contribution in [0, 0.1) is 5.92 Å². The molecule has 334 valence electrons. The van der Waals surface area contributed by atoms with Crippen molar-refractivity contribution in [2.24, 2.45) is 5.92 Å². The number of imidazole rings is 1. The van der Waals surface area contributed by atoms with E-state index in [2.05, 4.69) is 30.9 Å². The number of anilines is 1. The molecular weight excluding hydrogens is 810 g/mol. The summed E-state index contributed by atoms with van der Waals surface area (Å²) in [6, 6.07) is 16.2. The number of hydrogen-bond donors (Lipinski definition) is 4. The smallest absolute Gasteiger partial charge is 0.467 e. The SMILES string of the molecule is COC(=O)[C@H](CCCCNC(=O)OC(C)(C)C)NC(=O)[C@H]1O[C@@H](n2cnc3c(=O)[nH]c(NCC(C)C)nc32)[C@H](OC(=O)OCc2ccccc2)[C@@H]1OC(=O)OCc1ccccc1. The van der Waals surface area contributed by atoms with Crippen molar-refractivity contribution in [2.75, 3.05) is 25.5 Å². The number of carbonyl (C=O) groups excluding carboxylic acids is 5. The van der Waals surface area contributed by atoms with Crippen LogP contribution in [0.4, 0.5) is 20.3 Å². The van der Waals surface area contributed by atoms with E-state index in [9.17, 15) is 28.8 Å². The fraction of sp³-hybridized carbons (Fsp3) is 0.476. The van der Waals surface area contributed by atoms with Crippen LogP contribution < -0.4 is 21.5 Å². The highest BCUT2D eigenvalue weighted by atomic mass is 16.8. The molecule has 0 saturated carbocycles. The molecule has 1 saturated heterocycles. The summed E-state index contributed by atoms with van der Waals surface area (Å²) in [5.74, 6) is -1.48. The maximum atomic E-state index is 14.3.